The molecule has 1 aliphatic carbocycles. The van der Waals surface area contributed by atoms with Gasteiger partial charge in [-0.25, -0.2) is 4.98 Å². The van der Waals surface area contributed by atoms with Crippen LogP contribution >= 0.6 is 0 Å². The van der Waals surface area contributed by atoms with Crippen molar-refractivity contribution < 1.29 is 9.59 Å². The number of nitrogens with one attached hydrogen (secondary N) is 2. The molecule has 2 aromatic rings. The first-order valence-corrected chi connectivity index (χ1v) is 9.70. The Morgan fingerprint density at radius 3 is 2.57 bits per heavy atom. The summed E-state index contributed by atoms with van der Waals surface area (Å²) >= 11 is 0. The van der Waals surface area contributed by atoms with Crippen LogP contribution in [-0.2, 0) is 21.4 Å². The van der Waals surface area contributed by atoms with E-state index in [9.17, 15) is 14.4 Å². The molecule has 0 unspecified atom stereocenters. The molecule has 1 aromatic heterocycles. The summed E-state index contributed by atoms with van der Waals surface area (Å²) in [6, 6.07) is 9.67. The van der Waals surface area contributed by atoms with Crippen LogP contribution in [0.25, 0.3) is 11.4 Å². The van der Waals surface area contributed by atoms with E-state index >= 15 is 0 Å². The highest BCUT2D eigenvalue weighted by Gasteiger charge is 2.44. The zero-order valence-electron chi connectivity index (χ0n) is 16.0. The molecule has 2 heterocycles. The fraction of sp³-hybridized carbons (Fsp3) is 0.429. The second kappa shape index (κ2) is 7.22. The van der Waals surface area contributed by atoms with Crippen LogP contribution in [0.3, 0.4) is 0 Å². The normalized spacial score (nSPS) is 17.4. The van der Waals surface area contributed by atoms with Crippen LogP contribution in [0.5, 0.6) is 0 Å². The van der Waals surface area contributed by atoms with Crippen LogP contribution in [0.4, 0.5) is 0 Å². The minimum atomic E-state index is -0.205. The first-order chi connectivity index (χ1) is 13.5. The maximum absolute atomic E-state index is 12.7. The van der Waals surface area contributed by atoms with Crippen molar-refractivity contribution >= 4 is 11.8 Å². The zero-order chi connectivity index (χ0) is 19.7. The molecule has 1 aromatic carbocycles. The molecule has 0 radical (unpaired) electrons. The molecule has 7 heteroatoms. The van der Waals surface area contributed by atoms with E-state index in [1.54, 1.807) is 4.90 Å². The predicted molar refractivity (Wildman–Crippen MR) is 105 cm³/mol. The van der Waals surface area contributed by atoms with Crippen molar-refractivity contribution in [3.8, 4) is 11.4 Å². The van der Waals surface area contributed by atoms with Crippen molar-refractivity contribution in [3.05, 3.63) is 51.9 Å². The topological polar surface area (TPSA) is 95.2 Å². The second-order valence-corrected chi connectivity index (χ2v) is 7.68. The number of carbonyl (C=O) groups excluding carboxylic acids is 2. The molecule has 146 valence electrons. The van der Waals surface area contributed by atoms with Crippen LogP contribution in [-0.4, -0.2) is 46.3 Å². The number of nitrogens with zero attached hydrogens (tertiary/aromatic N) is 2. The van der Waals surface area contributed by atoms with Gasteiger partial charge in [-0.05, 0) is 25.7 Å². The van der Waals surface area contributed by atoms with Crippen LogP contribution in [0.15, 0.2) is 35.1 Å². The number of aromatic amines is 1. The number of hydrogen-bond donors (Lipinski definition) is 2. The Bertz CT molecular complexity index is 959. The van der Waals surface area contributed by atoms with Gasteiger partial charge in [-0.1, -0.05) is 30.3 Å². The fourth-order valence-electron chi connectivity index (χ4n) is 4.37. The standard InChI is InChI=1S/C21H24N4O3/c1-14(26)22-13-17(27)25-11-9-21(10-12-25)8-7-16-18(21)23-19(24-20(16)28)15-5-3-2-4-6-15/h2-6H,7-13H2,1H3,(H,22,26)(H,23,24,28). The van der Waals surface area contributed by atoms with Crippen molar-refractivity contribution in [1.82, 2.24) is 20.2 Å². The number of fused-ring (bicyclic) bond motifs is 2. The van der Waals surface area contributed by atoms with E-state index in [0.29, 0.717) is 18.9 Å². The van der Waals surface area contributed by atoms with Gasteiger partial charge in [0, 0.05) is 36.6 Å². The van der Waals surface area contributed by atoms with E-state index in [0.717, 1.165) is 42.5 Å². The van der Waals surface area contributed by atoms with Gasteiger partial charge >= 0.3 is 0 Å². The van der Waals surface area contributed by atoms with Gasteiger partial charge in [0.15, 0.2) is 0 Å². The molecule has 2 aliphatic rings. The van der Waals surface area contributed by atoms with Gasteiger partial charge in [0.2, 0.25) is 11.8 Å². The Morgan fingerprint density at radius 2 is 1.89 bits per heavy atom. The van der Waals surface area contributed by atoms with Gasteiger partial charge < -0.3 is 15.2 Å². The third-order valence-electron chi connectivity index (χ3n) is 5.98. The summed E-state index contributed by atoms with van der Waals surface area (Å²) in [6.45, 7) is 2.68. The summed E-state index contributed by atoms with van der Waals surface area (Å²) in [7, 11) is 0. The number of aromatic nitrogens is 2. The molecule has 1 aliphatic heterocycles. The molecule has 0 bridgehead atoms. The predicted octanol–water partition coefficient (Wildman–Crippen LogP) is 1.38. The minimum Gasteiger partial charge on any atom is -0.347 e. The maximum Gasteiger partial charge on any atom is 0.254 e. The Kier molecular flexibility index (Phi) is 4.75. The number of rotatable bonds is 3. The van der Waals surface area contributed by atoms with Crippen molar-refractivity contribution in [3.63, 3.8) is 0 Å². The summed E-state index contributed by atoms with van der Waals surface area (Å²) in [5.41, 5.74) is 2.40. The smallest absolute Gasteiger partial charge is 0.254 e. The Morgan fingerprint density at radius 1 is 1.18 bits per heavy atom. The van der Waals surface area contributed by atoms with E-state index in [-0.39, 0.29) is 29.3 Å². The zero-order valence-corrected chi connectivity index (χ0v) is 16.0. The van der Waals surface area contributed by atoms with Gasteiger partial charge in [-0.3, -0.25) is 14.4 Å². The van der Waals surface area contributed by atoms with Crippen molar-refractivity contribution in [2.75, 3.05) is 19.6 Å². The van der Waals surface area contributed by atoms with Gasteiger partial charge in [-0.15, -0.1) is 0 Å². The Labute approximate surface area is 163 Å². The maximum atomic E-state index is 12.7. The van der Waals surface area contributed by atoms with E-state index < -0.39 is 0 Å². The SMILES string of the molecule is CC(=O)NCC(=O)N1CCC2(CCc3c2nc(-c2ccccc2)[nH]c3=O)CC1. The lowest BCUT2D eigenvalue weighted by Gasteiger charge is -2.39. The van der Waals surface area contributed by atoms with Gasteiger partial charge in [0.25, 0.3) is 5.56 Å². The van der Waals surface area contributed by atoms with Crippen LogP contribution < -0.4 is 10.9 Å². The van der Waals surface area contributed by atoms with Crippen molar-refractivity contribution in [1.29, 1.82) is 0 Å². The fourth-order valence-corrected chi connectivity index (χ4v) is 4.37. The first kappa shape index (κ1) is 18.4. The van der Waals surface area contributed by atoms with Crippen LogP contribution in [0.1, 0.15) is 37.4 Å². The molecule has 0 atom stereocenters. The molecular weight excluding hydrogens is 356 g/mol. The van der Waals surface area contributed by atoms with Crippen molar-refractivity contribution in [2.24, 2.45) is 0 Å². The quantitative estimate of drug-likeness (QED) is 0.841. The molecule has 1 saturated heterocycles. The third kappa shape index (κ3) is 3.32. The molecule has 1 fully saturated rings. The lowest BCUT2D eigenvalue weighted by Crippen LogP contribution is -2.47. The Balaban J connectivity index is 1.56. The molecule has 4 rings (SSSR count). The Hall–Kier alpha value is -2.96. The molecule has 1 spiro atoms. The lowest BCUT2D eigenvalue weighted by molar-refractivity contribution is -0.133. The monoisotopic (exact) mass is 380 g/mol. The largest absolute Gasteiger partial charge is 0.347 e. The number of likely N-dealkylation sites (tertiary alicyclic amines) is 1. The highest BCUT2D eigenvalue weighted by Crippen LogP contribution is 2.44. The number of carbonyl (C=O) groups is 2. The van der Waals surface area contributed by atoms with Crippen LogP contribution in [0.2, 0.25) is 0 Å². The summed E-state index contributed by atoms with van der Waals surface area (Å²) in [5.74, 6) is 0.338. The van der Waals surface area contributed by atoms with Crippen molar-refractivity contribution in [2.45, 2.75) is 38.0 Å². The molecule has 2 amide bonds. The van der Waals surface area contributed by atoms with E-state index in [2.05, 4.69) is 10.3 Å². The number of piperidine rings is 1. The average Bonchev–Trinajstić information content (AvgIpc) is 3.06. The average molecular weight is 380 g/mol. The minimum absolute atomic E-state index is 0.0367. The molecule has 2 N–H and O–H groups in total. The number of hydrogen-bond acceptors (Lipinski definition) is 4. The number of amides is 2. The first-order valence-electron chi connectivity index (χ1n) is 9.70. The number of H-pyrrole nitrogens is 1. The van der Waals surface area contributed by atoms with E-state index in [4.69, 9.17) is 4.98 Å². The van der Waals surface area contributed by atoms with Gasteiger partial charge in [-0.2, -0.15) is 0 Å². The third-order valence-corrected chi connectivity index (χ3v) is 5.98. The summed E-state index contributed by atoms with van der Waals surface area (Å²) in [5, 5.41) is 2.56. The highest BCUT2D eigenvalue weighted by atomic mass is 16.2. The summed E-state index contributed by atoms with van der Waals surface area (Å²) in [4.78, 5) is 45.6. The van der Waals surface area contributed by atoms with E-state index in [1.807, 2.05) is 30.3 Å². The molecule has 7 nitrogen and oxygen atoms in total. The van der Waals surface area contributed by atoms with Gasteiger partial charge in [0.05, 0.1) is 12.2 Å². The van der Waals surface area contributed by atoms with E-state index in [1.165, 1.54) is 6.92 Å². The highest BCUT2D eigenvalue weighted by molar-refractivity contribution is 5.83. The summed E-state index contributed by atoms with van der Waals surface area (Å²) < 4.78 is 0. The molecule has 28 heavy (non-hydrogen) atoms. The molecule has 0 saturated carbocycles. The van der Waals surface area contributed by atoms with Gasteiger partial charge in [0.1, 0.15) is 5.82 Å². The second-order valence-electron chi connectivity index (χ2n) is 7.68. The number of benzene rings is 1. The summed E-state index contributed by atoms with van der Waals surface area (Å²) in [6.07, 6.45) is 3.20. The van der Waals surface area contributed by atoms with Crippen LogP contribution in [0, 0.1) is 0 Å². The lowest BCUT2D eigenvalue weighted by atomic mass is 9.76. The molecular formula is C21H24N4O3.